The lowest BCUT2D eigenvalue weighted by Crippen LogP contribution is -2.06. The van der Waals surface area contributed by atoms with Crippen LogP contribution in [0.2, 0.25) is 0 Å². The highest BCUT2D eigenvalue weighted by atomic mass is 16.5. The molecule has 1 aromatic carbocycles. The molecule has 0 radical (unpaired) electrons. The molecule has 0 heterocycles. The Labute approximate surface area is 105 Å². The fraction of sp³-hybridized carbons (Fsp3) is 0.385. The number of methoxy groups -OCH3 is 2. The van der Waals surface area contributed by atoms with Crippen molar-refractivity contribution < 1.29 is 24.2 Å². The van der Waals surface area contributed by atoms with Crippen molar-refractivity contribution in [3.63, 3.8) is 0 Å². The summed E-state index contributed by atoms with van der Waals surface area (Å²) in [5, 5.41) is 9.85. The Morgan fingerprint density at radius 1 is 1.44 bits per heavy atom. The number of phenolic OH excluding ortho intramolecular Hbond substituents is 1. The smallest absolute Gasteiger partial charge is 0.341 e. The summed E-state index contributed by atoms with van der Waals surface area (Å²) in [7, 11) is 2.67. The van der Waals surface area contributed by atoms with Crippen LogP contribution in [0.1, 0.15) is 35.2 Å². The van der Waals surface area contributed by atoms with Gasteiger partial charge < -0.3 is 19.4 Å². The molecule has 1 unspecified atom stereocenters. The third kappa shape index (κ3) is 2.80. The van der Waals surface area contributed by atoms with E-state index in [-0.39, 0.29) is 29.4 Å². The second-order valence-corrected chi connectivity index (χ2v) is 3.91. The zero-order valence-corrected chi connectivity index (χ0v) is 10.6. The van der Waals surface area contributed by atoms with Crippen molar-refractivity contribution in [1.29, 1.82) is 0 Å². The summed E-state index contributed by atoms with van der Waals surface area (Å²) >= 11 is 0. The molecule has 1 atom stereocenters. The Bertz CT molecular complexity index is 453. The molecule has 1 aromatic rings. The van der Waals surface area contributed by atoms with Crippen LogP contribution >= 0.6 is 0 Å². The molecule has 0 bridgehead atoms. The highest BCUT2D eigenvalue weighted by molar-refractivity contribution is 5.93. The molecule has 1 N–H and O–H groups in total. The summed E-state index contributed by atoms with van der Waals surface area (Å²) in [6, 6.07) is 2.84. The molecule has 0 saturated carbocycles. The predicted molar refractivity (Wildman–Crippen MR) is 65.1 cm³/mol. The fourth-order valence-corrected chi connectivity index (χ4v) is 1.69. The molecule has 0 fully saturated rings. The molecule has 98 valence electrons. The molecule has 0 aliphatic rings. The van der Waals surface area contributed by atoms with Crippen molar-refractivity contribution >= 4 is 12.3 Å². The van der Waals surface area contributed by atoms with Crippen LogP contribution in [0.5, 0.6) is 11.5 Å². The normalized spacial score (nSPS) is 11.7. The maximum absolute atomic E-state index is 11.6. The Balaban J connectivity index is 3.29. The summed E-state index contributed by atoms with van der Waals surface area (Å²) in [4.78, 5) is 22.1. The fourth-order valence-electron chi connectivity index (χ4n) is 1.69. The number of esters is 1. The maximum Gasteiger partial charge on any atom is 0.341 e. The summed E-state index contributed by atoms with van der Waals surface area (Å²) < 4.78 is 9.66. The van der Waals surface area contributed by atoms with E-state index in [0.717, 1.165) is 6.29 Å². The number of carbonyl (C=O) groups is 2. The van der Waals surface area contributed by atoms with Gasteiger partial charge in [-0.1, -0.05) is 6.92 Å². The first-order chi connectivity index (χ1) is 8.54. The third-order valence-corrected chi connectivity index (χ3v) is 2.73. The number of benzene rings is 1. The van der Waals surface area contributed by atoms with Gasteiger partial charge in [0.2, 0.25) is 0 Å². The van der Waals surface area contributed by atoms with Crippen molar-refractivity contribution in [3.05, 3.63) is 23.3 Å². The van der Waals surface area contributed by atoms with E-state index in [2.05, 4.69) is 4.74 Å². The maximum atomic E-state index is 11.6. The summed E-state index contributed by atoms with van der Waals surface area (Å²) in [6.45, 7) is 1.79. The minimum absolute atomic E-state index is 0.00569. The van der Waals surface area contributed by atoms with E-state index in [9.17, 15) is 14.7 Å². The highest BCUT2D eigenvalue weighted by Gasteiger charge is 2.19. The van der Waals surface area contributed by atoms with E-state index in [1.54, 1.807) is 6.92 Å². The first-order valence-corrected chi connectivity index (χ1v) is 5.48. The topological polar surface area (TPSA) is 72.8 Å². The molecule has 0 aliphatic heterocycles. The van der Waals surface area contributed by atoms with Gasteiger partial charge in [-0.3, -0.25) is 0 Å². The van der Waals surface area contributed by atoms with Gasteiger partial charge >= 0.3 is 5.97 Å². The van der Waals surface area contributed by atoms with Crippen LogP contribution in [0.15, 0.2) is 12.1 Å². The number of ether oxygens (including phenoxy) is 2. The van der Waals surface area contributed by atoms with Crippen molar-refractivity contribution in [2.75, 3.05) is 14.2 Å². The largest absolute Gasteiger partial charge is 0.508 e. The van der Waals surface area contributed by atoms with Crippen molar-refractivity contribution in [2.24, 2.45) is 0 Å². The number of hydrogen-bond acceptors (Lipinski definition) is 5. The Morgan fingerprint density at radius 3 is 2.61 bits per heavy atom. The van der Waals surface area contributed by atoms with Gasteiger partial charge in [0.1, 0.15) is 23.3 Å². The lowest BCUT2D eigenvalue weighted by molar-refractivity contribution is -0.108. The second kappa shape index (κ2) is 6.05. The zero-order chi connectivity index (χ0) is 13.7. The molecular weight excluding hydrogens is 236 g/mol. The minimum Gasteiger partial charge on any atom is -0.508 e. The number of rotatable bonds is 5. The van der Waals surface area contributed by atoms with Gasteiger partial charge in [-0.2, -0.15) is 0 Å². The number of phenols is 1. The van der Waals surface area contributed by atoms with Gasteiger partial charge in [0, 0.05) is 12.5 Å². The molecule has 0 aliphatic carbocycles. The summed E-state index contributed by atoms with van der Waals surface area (Å²) in [5.41, 5.74) is 0.744. The minimum atomic E-state index is -0.550. The second-order valence-electron chi connectivity index (χ2n) is 3.91. The van der Waals surface area contributed by atoms with E-state index in [1.807, 2.05) is 0 Å². The lowest BCUT2D eigenvalue weighted by Gasteiger charge is -2.14. The quantitative estimate of drug-likeness (QED) is 0.639. The highest BCUT2D eigenvalue weighted by Crippen LogP contribution is 2.34. The van der Waals surface area contributed by atoms with Gasteiger partial charge in [-0.25, -0.2) is 4.79 Å². The third-order valence-electron chi connectivity index (χ3n) is 2.73. The van der Waals surface area contributed by atoms with Crippen LogP contribution in [0.4, 0.5) is 0 Å². The zero-order valence-electron chi connectivity index (χ0n) is 10.6. The van der Waals surface area contributed by atoms with Crippen molar-refractivity contribution in [2.45, 2.75) is 19.3 Å². The first kappa shape index (κ1) is 14.0. The van der Waals surface area contributed by atoms with Gasteiger partial charge in [0.05, 0.1) is 14.2 Å². The van der Waals surface area contributed by atoms with E-state index in [4.69, 9.17) is 4.74 Å². The van der Waals surface area contributed by atoms with E-state index in [1.165, 1.54) is 26.4 Å². The molecule has 5 nitrogen and oxygen atoms in total. The van der Waals surface area contributed by atoms with Crippen molar-refractivity contribution in [3.8, 4) is 11.5 Å². The van der Waals surface area contributed by atoms with Crippen LogP contribution in [0, 0.1) is 0 Å². The lowest BCUT2D eigenvalue weighted by atomic mass is 9.95. The molecule has 0 saturated heterocycles. The predicted octanol–water partition coefficient (Wildman–Crippen LogP) is 1.88. The molecule has 1 rings (SSSR count). The molecule has 0 aromatic heterocycles. The molecule has 5 heteroatoms. The van der Waals surface area contributed by atoms with Crippen LogP contribution in [0.25, 0.3) is 0 Å². The summed E-state index contributed by atoms with van der Waals surface area (Å²) in [5.74, 6) is -0.501. The Morgan fingerprint density at radius 2 is 2.11 bits per heavy atom. The van der Waals surface area contributed by atoms with Crippen LogP contribution in [0.3, 0.4) is 0 Å². The molecular formula is C13H16O5. The van der Waals surface area contributed by atoms with E-state index < -0.39 is 5.97 Å². The van der Waals surface area contributed by atoms with Gasteiger partial charge in [-0.15, -0.1) is 0 Å². The Kier molecular flexibility index (Phi) is 4.71. The molecule has 0 spiro atoms. The molecule has 0 amide bonds. The number of carbonyl (C=O) groups excluding carboxylic acids is 2. The average molecular weight is 252 g/mol. The first-order valence-electron chi connectivity index (χ1n) is 5.48. The average Bonchev–Trinajstić information content (AvgIpc) is 2.37. The van der Waals surface area contributed by atoms with Gasteiger partial charge in [-0.05, 0) is 17.5 Å². The monoisotopic (exact) mass is 252 g/mol. The van der Waals surface area contributed by atoms with Crippen LogP contribution < -0.4 is 4.74 Å². The standard InChI is InChI=1S/C13H16O5/c1-8(4-5-14)9-6-10(13(16)18-3)12(17-2)7-11(9)15/h5-8,15H,4H2,1-3H3. The van der Waals surface area contributed by atoms with Gasteiger partial charge in [0.25, 0.3) is 0 Å². The van der Waals surface area contributed by atoms with Crippen molar-refractivity contribution in [1.82, 2.24) is 0 Å². The summed E-state index contributed by atoms with van der Waals surface area (Å²) in [6.07, 6.45) is 1.03. The van der Waals surface area contributed by atoms with Crippen LogP contribution in [-0.4, -0.2) is 31.6 Å². The number of aromatic hydroxyl groups is 1. The van der Waals surface area contributed by atoms with E-state index >= 15 is 0 Å². The molecule has 18 heavy (non-hydrogen) atoms. The van der Waals surface area contributed by atoms with E-state index in [0.29, 0.717) is 5.56 Å². The Hall–Kier alpha value is -2.04. The SMILES string of the molecule is COC(=O)c1cc(C(C)CC=O)c(O)cc1OC. The van der Waals surface area contributed by atoms with Crippen LogP contribution in [-0.2, 0) is 9.53 Å². The number of hydrogen-bond donors (Lipinski definition) is 1. The van der Waals surface area contributed by atoms with Gasteiger partial charge in [0.15, 0.2) is 0 Å². The number of aldehydes is 1.